The van der Waals surface area contributed by atoms with E-state index >= 15 is 0 Å². The lowest BCUT2D eigenvalue weighted by Gasteiger charge is -2.27. The molecule has 0 fully saturated rings. The third kappa shape index (κ3) is 4.27. The van der Waals surface area contributed by atoms with Crippen LogP contribution < -0.4 is 0 Å². The Bertz CT molecular complexity index is 539. The van der Waals surface area contributed by atoms with Crippen LogP contribution >= 0.6 is 0 Å². The number of aliphatic hydroxyl groups is 1. The summed E-state index contributed by atoms with van der Waals surface area (Å²) in [6, 6.07) is 1.01. The quantitative estimate of drug-likeness (QED) is 0.722. The maximum absolute atomic E-state index is 12.8. The van der Waals surface area contributed by atoms with E-state index in [0.717, 1.165) is 0 Å². The van der Waals surface area contributed by atoms with Crippen molar-refractivity contribution < 1.29 is 27.4 Å². The van der Waals surface area contributed by atoms with E-state index in [1.165, 1.54) is 24.6 Å². The van der Waals surface area contributed by atoms with Crippen molar-refractivity contribution in [2.75, 3.05) is 34.0 Å². The molecule has 21 heavy (non-hydrogen) atoms. The zero-order valence-electron chi connectivity index (χ0n) is 12.8. The summed E-state index contributed by atoms with van der Waals surface area (Å²) in [4.78, 5) is 0.0607. The number of aryl methyl sites for hydroxylation is 1. The fraction of sp³-hybridized carbons (Fsp3) is 0.692. The van der Waals surface area contributed by atoms with Crippen LogP contribution in [0.2, 0.25) is 0 Å². The van der Waals surface area contributed by atoms with Crippen molar-refractivity contribution in [1.82, 2.24) is 4.31 Å². The Balaban J connectivity index is 3.15. The molecule has 0 aliphatic rings. The Labute approximate surface area is 125 Å². The molecule has 1 atom stereocenters. The predicted octanol–water partition coefficient (Wildman–Crippen LogP) is 0.752. The van der Waals surface area contributed by atoms with E-state index in [1.54, 1.807) is 13.8 Å². The molecule has 0 saturated carbocycles. The molecule has 0 aromatic carbocycles. The minimum atomic E-state index is -3.75. The van der Waals surface area contributed by atoms with Gasteiger partial charge in [0.25, 0.3) is 0 Å². The van der Waals surface area contributed by atoms with E-state index in [0.29, 0.717) is 0 Å². The Morgan fingerprint density at radius 1 is 1.38 bits per heavy atom. The van der Waals surface area contributed by atoms with Crippen LogP contribution in [0.5, 0.6) is 0 Å². The van der Waals surface area contributed by atoms with E-state index in [1.807, 2.05) is 0 Å². The van der Waals surface area contributed by atoms with Gasteiger partial charge in [0.1, 0.15) is 23.0 Å². The molecule has 122 valence electrons. The predicted molar refractivity (Wildman–Crippen MR) is 76.5 cm³/mol. The molecule has 1 heterocycles. The van der Waals surface area contributed by atoms with Crippen molar-refractivity contribution in [1.29, 1.82) is 0 Å². The molecule has 7 nitrogen and oxygen atoms in total. The van der Waals surface area contributed by atoms with Gasteiger partial charge in [0.15, 0.2) is 0 Å². The first-order chi connectivity index (χ1) is 9.88. The SMILES string of the molecule is COCCN(C(C)COC)S(=O)(=O)c1cc(CO)oc1C. The summed E-state index contributed by atoms with van der Waals surface area (Å²) >= 11 is 0. The average molecular weight is 321 g/mol. The van der Waals surface area contributed by atoms with E-state index in [9.17, 15) is 8.42 Å². The van der Waals surface area contributed by atoms with Gasteiger partial charge in [0.05, 0.1) is 13.2 Å². The topological polar surface area (TPSA) is 89.2 Å². The lowest BCUT2D eigenvalue weighted by molar-refractivity contribution is 0.119. The summed E-state index contributed by atoms with van der Waals surface area (Å²) in [5.41, 5.74) is 0. The highest BCUT2D eigenvalue weighted by Gasteiger charge is 2.32. The summed E-state index contributed by atoms with van der Waals surface area (Å²) in [6.45, 7) is 3.73. The smallest absolute Gasteiger partial charge is 0.246 e. The van der Waals surface area contributed by atoms with E-state index in [4.69, 9.17) is 19.0 Å². The van der Waals surface area contributed by atoms with Crippen molar-refractivity contribution in [2.24, 2.45) is 0 Å². The van der Waals surface area contributed by atoms with Crippen LogP contribution in [0.4, 0.5) is 0 Å². The Morgan fingerprint density at radius 3 is 2.52 bits per heavy atom. The molecule has 0 spiro atoms. The van der Waals surface area contributed by atoms with Crippen LogP contribution in [0, 0.1) is 6.92 Å². The van der Waals surface area contributed by atoms with E-state index in [-0.39, 0.29) is 48.8 Å². The molecule has 0 aliphatic heterocycles. The summed E-state index contributed by atoms with van der Waals surface area (Å²) in [5.74, 6) is 0.475. The second kappa shape index (κ2) is 7.90. The Hall–Kier alpha value is -0.930. The fourth-order valence-electron chi connectivity index (χ4n) is 2.07. The minimum absolute atomic E-state index is 0.0607. The molecule has 0 saturated heterocycles. The molecule has 0 aliphatic carbocycles. The number of hydrogen-bond donors (Lipinski definition) is 1. The summed E-state index contributed by atoms with van der Waals surface area (Å²) in [5, 5.41) is 9.07. The number of hydrogen-bond acceptors (Lipinski definition) is 6. The molecule has 1 rings (SSSR count). The van der Waals surface area contributed by atoms with Gasteiger partial charge in [-0.15, -0.1) is 0 Å². The van der Waals surface area contributed by atoms with Crippen LogP contribution in [0.3, 0.4) is 0 Å². The van der Waals surface area contributed by atoms with Gasteiger partial charge in [0.2, 0.25) is 10.0 Å². The van der Waals surface area contributed by atoms with Gasteiger partial charge in [-0.05, 0) is 13.8 Å². The average Bonchev–Trinajstić information content (AvgIpc) is 2.81. The largest absolute Gasteiger partial charge is 0.462 e. The fourth-order valence-corrected chi connectivity index (χ4v) is 3.86. The molecule has 1 aromatic rings. The standard InChI is InChI=1S/C13H23NO6S/c1-10(9-19-4)14(5-6-18-3)21(16,17)13-7-12(8-15)20-11(13)2/h7,10,15H,5-6,8-9H2,1-4H3. The molecule has 8 heteroatoms. The van der Waals surface area contributed by atoms with Gasteiger partial charge in [-0.3, -0.25) is 0 Å². The third-order valence-corrected chi connectivity index (χ3v) is 5.20. The van der Waals surface area contributed by atoms with Gasteiger partial charge in [-0.2, -0.15) is 4.31 Å². The number of nitrogens with zero attached hydrogens (tertiary/aromatic N) is 1. The summed E-state index contributed by atoms with van der Waals surface area (Å²) in [6.07, 6.45) is 0. The number of rotatable bonds is 9. The number of aliphatic hydroxyl groups excluding tert-OH is 1. The molecular formula is C13H23NO6S. The first kappa shape index (κ1) is 18.1. The van der Waals surface area contributed by atoms with Gasteiger partial charge in [0, 0.05) is 32.9 Å². The summed E-state index contributed by atoms with van der Waals surface area (Å²) < 4.78 is 42.1. The van der Waals surface area contributed by atoms with E-state index < -0.39 is 10.0 Å². The van der Waals surface area contributed by atoms with Crippen LogP contribution in [0.15, 0.2) is 15.4 Å². The second-order valence-corrected chi connectivity index (χ2v) is 6.56. The first-order valence-corrected chi connectivity index (χ1v) is 8.02. The maximum atomic E-state index is 12.8. The maximum Gasteiger partial charge on any atom is 0.246 e. The van der Waals surface area contributed by atoms with E-state index in [2.05, 4.69) is 0 Å². The normalized spacial score (nSPS) is 13.8. The molecule has 0 bridgehead atoms. The zero-order chi connectivity index (χ0) is 16.0. The van der Waals surface area contributed by atoms with Crippen molar-refractivity contribution in [2.45, 2.75) is 31.4 Å². The monoisotopic (exact) mass is 321 g/mol. The minimum Gasteiger partial charge on any atom is -0.462 e. The lowest BCUT2D eigenvalue weighted by atomic mass is 10.3. The lowest BCUT2D eigenvalue weighted by Crippen LogP contribution is -2.43. The highest BCUT2D eigenvalue weighted by Crippen LogP contribution is 2.25. The van der Waals surface area contributed by atoms with Gasteiger partial charge < -0.3 is 19.0 Å². The number of methoxy groups -OCH3 is 2. The third-order valence-electron chi connectivity index (χ3n) is 3.08. The van der Waals surface area contributed by atoms with Crippen molar-refractivity contribution in [3.05, 3.63) is 17.6 Å². The van der Waals surface area contributed by atoms with Crippen LogP contribution in [-0.4, -0.2) is 57.8 Å². The number of ether oxygens (including phenoxy) is 2. The van der Waals surface area contributed by atoms with Crippen molar-refractivity contribution >= 4 is 10.0 Å². The molecule has 0 radical (unpaired) electrons. The van der Waals surface area contributed by atoms with Gasteiger partial charge >= 0.3 is 0 Å². The first-order valence-electron chi connectivity index (χ1n) is 6.58. The van der Waals surface area contributed by atoms with Crippen molar-refractivity contribution in [3.63, 3.8) is 0 Å². The van der Waals surface area contributed by atoms with Crippen LogP contribution in [0.25, 0.3) is 0 Å². The molecule has 1 aromatic heterocycles. The molecular weight excluding hydrogens is 298 g/mol. The molecule has 1 N–H and O–H groups in total. The Kier molecular flexibility index (Phi) is 6.82. The molecule has 0 amide bonds. The number of sulfonamides is 1. The number of furan rings is 1. The highest BCUT2D eigenvalue weighted by molar-refractivity contribution is 7.89. The summed E-state index contributed by atoms with van der Waals surface area (Å²) in [7, 11) is -0.715. The van der Waals surface area contributed by atoms with Gasteiger partial charge in [-0.25, -0.2) is 8.42 Å². The zero-order valence-corrected chi connectivity index (χ0v) is 13.6. The van der Waals surface area contributed by atoms with Gasteiger partial charge in [-0.1, -0.05) is 0 Å². The molecule has 1 unspecified atom stereocenters. The van der Waals surface area contributed by atoms with Crippen LogP contribution in [-0.2, 0) is 26.1 Å². The highest BCUT2D eigenvalue weighted by atomic mass is 32.2. The Morgan fingerprint density at radius 2 is 2.05 bits per heavy atom. The van der Waals surface area contributed by atoms with Crippen LogP contribution in [0.1, 0.15) is 18.4 Å². The van der Waals surface area contributed by atoms with Crippen molar-refractivity contribution in [3.8, 4) is 0 Å². The second-order valence-electron chi connectivity index (χ2n) is 4.70.